The van der Waals surface area contributed by atoms with Crippen molar-refractivity contribution in [1.29, 1.82) is 0 Å². The van der Waals surface area contributed by atoms with E-state index in [1.807, 2.05) is 37.3 Å². The van der Waals surface area contributed by atoms with Crippen molar-refractivity contribution in [2.24, 2.45) is 0 Å². The van der Waals surface area contributed by atoms with Gasteiger partial charge in [0.25, 0.3) is 0 Å². The molecule has 1 aromatic carbocycles. The van der Waals surface area contributed by atoms with Gasteiger partial charge in [-0.3, -0.25) is 4.98 Å². The molecule has 28 heavy (non-hydrogen) atoms. The number of carboxylic acid groups (broad SMARTS) is 1. The molecule has 1 fully saturated rings. The zero-order valence-corrected chi connectivity index (χ0v) is 16.0. The maximum atomic E-state index is 11.6. The highest BCUT2D eigenvalue weighted by molar-refractivity contribution is 7.80. The second-order valence-corrected chi connectivity index (χ2v) is 6.85. The van der Waals surface area contributed by atoms with E-state index in [0.717, 1.165) is 5.69 Å². The van der Waals surface area contributed by atoms with Crippen molar-refractivity contribution in [2.75, 3.05) is 6.54 Å². The number of carbonyl (C=O) groups is 1. The molecule has 2 N–H and O–H groups in total. The molecule has 7 heteroatoms. The number of nitrogens with one attached hydrogen (secondary N) is 1. The number of furan rings is 1. The molecule has 3 aromatic rings. The number of thiocarbonyl (C=S) groups is 1. The second kappa shape index (κ2) is 7.44. The third-order valence-corrected chi connectivity index (χ3v) is 5.23. The molecule has 0 amide bonds. The average molecular weight is 393 g/mol. The summed E-state index contributed by atoms with van der Waals surface area (Å²) < 4.78 is 6.14. The highest BCUT2D eigenvalue weighted by Crippen LogP contribution is 2.40. The number of pyridine rings is 1. The standard InChI is InChI=1S/C21H19N3O3S/c1-2-24-19(18(23-21(24)28)15-9-5-6-12-22-15)17-11-10-16(27-17)13-7-3-4-8-14(13)20(25)26/h3-12,18-19H,2H2,1H3,(H,23,28)(H,25,26)/t18-,19+/m0/s1. The highest BCUT2D eigenvalue weighted by atomic mass is 32.1. The van der Waals surface area contributed by atoms with Crippen LogP contribution in [0.5, 0.6) is 0 Å². The van der Waals surface area contributed by atoms with E-state index in [2.05, 4.69) is 15.2 Å². The lowest BCUT2D eigenvalue weighted by Crippen LogP contribution is -2.29. The number of benzene rings is 1. The van der Waals surface area contributed by atoms with Crippen LogP contribution in [-0.4, -0.2) is 32.6 Å². The second-order valence-electron chi connectivity index (χ2n) is 6.47. The van der Waals surface area contributed by atoms with Gasteiger partial charge in [-0.05, 0) is 49.5 Å². The maximum absolute atomic E-state index is 11.6. The molecule has 2 atom stereocenters. The van der Waals surface area contributed by atoms with E-state index in [-0.39, 0.29) is 17.6 Å². The largest absolute Gasteiger partial charge is 0.478 e. The fourth-order valence-corrected chi connectivity index (χ4v) is 3.97. The smallest absolute Gasteiger partial charge is 0.336 e. The van der Waals surface area contributed by atoms with E-state index in [0.29, 0.717) is 28.7 Å². The van der Waals surface area contributed by atoms with Gasteiger partial charge in [0.2, 0.25) is 0 Å². The summed E-state index contributed by atoms with van der Waals surface area (Å²) >= 11 is 5.52. The Balaban J connectivity index is 1.75. The van der Waals surface area contributed by atoms with Crippen LogP contribution in [-0.2, 0) is 0 Å². The lowest BCUT2D eigenvalue weighted by atomic mass is 10.0. The number of likely N-dealkylation sites (N-methyl/N-ethyl adjacent to an activating group) is 1. The van der Waals surface area contributed by atoms with Crippen LogP contribution < -0.4 is 5.32 Å². The fraction of sp³-hybridized carbons (Fsp3) is 0.190. The van der Waals surface area contributed by atoms with E-state index in [1.165, 1.54) is 0 Å². The minimum absolute atomic E-state index is 0.151. The summed E-state index contributed by atoms with van der Waals surface area (Å²) in [5, 5.41) is 13.5. The maximum Gasteiger partial charge on any atom is 0.336 e. The normalized spacial score (nSPS) is 18.9. The molecule has 6 nitrogen and oxygen atoms in total. The number of hydrogen-bond acceptors (Lipinski definition) is 4. The van der Waals surface area contributed by atoms with E-state index < -0.39 is 5.97 Å². The Morgan fingerprint density at radius 1 is 1.21 bits per heavy atom. The van der Waals surface area contributed by atoms with Gasteiger partial charge in [0.05, 0.1) is 17.3 Å². The number of aromatic nitrogens is 1. The predicted octanol–water partition coefficient (Wildman–Crippen LogP) is 4.03. The van der Waals surface area contributed by atoms with Crippen LogP contribution in [0.1, 0.15) is 40.8 Å². The number of nitrogens with zero attached hydrogens (tertiary/aromatic N) is 2. The van der Waals surface area contributed by atoms with Crippen molar-refractivity contribution in [2.45, 2.75) is 19.0 Å². The molecule has 0 unspecified atom stereocenters. The van der Waals surface area contributed by atoms with Crippen molar-refractivity contribution in [3.63, 3.8) is 0 Å². The summed E-state index contributed by atoms with van der Waals surface area (Å²) in [5.74, 6) is 0.237. The third kappa shape index (κ3) is 3.14. The Morgan fingerprint density at radius 2 is 2.00 bits per heavy atom. The first kappa shape index (κ1) is 18.2. The van der Waals surface area contributed by atoms with Crippen molar-refractivity contribution in [3.8, 4) is 11.3 Å². The van der Waals surface area contributed by atoms with Crippen LogP contribution in [0, 0.1) is 0 Å². The number of hydrogen-bond donors (Lipinski definition) is 2. The van der Waals surface area contributed by atoms with E-state index in [1.54, 1.807) is 30.5 Å². The summed E-state index contributed by atoms with van der Waals surface area (Å²) in [6.07, 6.45) is 1.75. The minimum atomic E-state index is -0.987. The van der Waals surface area contributed by atoms with Crippen LogP contribution in [0.25, 0.3) is 11.3 Å². The quantitative estimate of drug-likeness (QED) is 0.634. The molecular weight excluding hydrogens is 374 g/mol. The van der Waals surface area contributed by atoms with Crippen molar-refractivity contribution in [3.05, 3.63) is 77.8 Å². The van der Waals surface area contributed by atoms with Crippen molar-refractivity contribution < 1.29 is 14.3 Å². The Hall–Kier alpha value is -3.19. The molecular formula is C21H19N3O3S. The van der Waals surface area contributed by atoms with Gasteiger partial charge in [0.15, 0.2) is 5.11 Å². The SMILES string of the molecule is CCN1C(=S)N[C@@H](c2ccccn2)[C@H]1c1ccc(-c2ccccc2C(=O)O)o1. The molecule has 3 heterocycles. The molecule has 0 radical (unpaired) electrons. The minimum Gasteiger partial charge on any atom is -0.478 e. The van der Waals surface area contributed by atoms with Gasteiger partial charge in [-0.1, -0.05) is 24.3 Å². The lowest BCUT2D eigenvalue weighted by Gasteiger charge is -2.24. The molecule has 1 aliphatic heterocycles. The molecule has 0 spiro atoms. The topological polar surface area (TPSA) is 78.6 Å². The first-order chi connectivity index (χ1) is 13.6. The summed E-state index contributed by atoms with van der Waals surface area (Å²) in [6.45, 7) is 2.74. The molecule has 2 aromatic heterocycles. The van der Waals surface area contributed by atoms with Crippen molar-refractivity contribution in [1.82, 2.24) is 15.2 Å². The third-order valence-electron chi connectivity index (χ3n) is 4.88. The van der Waals surface area contributed by atoms with E-state index in [4.69, 9.17) is 16.6 Å². The number of carboxylic acids is 1. The summed E-state index contributed by atoms with van der Waals surface area (Å²) in [6, 6.07) is 16.0. The average Bonchev–Trinajstić information content (AvgIpc) is 3.32. The van der Waals surface area contributed by atoms with Gasteiger partial charge in [-0.2, -0.15) is 0 Å². The molecule has 0 aliphatic carbocycles. The lowest BCUT2D eigenvalue weighted by molar-refractivity contribution is 0.0697. The van der Waals surface area contributed by atoms with E-state index >= 15 is 0 Å². The molecule has 0 saturated carbocycles. The van der Waals surface area contributed by atoms with Gasteiger partial charge in [0.1, 0.15) is 17.6 Å². The van der Waals surface area contributed by atoms with E-state index in [9.17, 15) is 9.90 Å². The van der Waals surface area contributed by atoms with Crippen molar-refractivity contribution >= 4 is 23.3 Å². The number of rotatable bonds is 5. The van der Waals surface area contributed by atoms with Crippen LogP contribution in [0.15, 0.2) is 65.2 Å². The van der Waals surface area contributed by atoms with Gasteiger partial charge in [-0.15, -0.1) is 0 Å². The van der Waals surface area contributed by atoms with Crippen LogP contribution in [0.3, 0.4) is 0 Å². The Bertz CT molecular complexity index is 1020. The summed E-state index contributed by atoms with van der Waals surface area (Å²) in [4.78, 5) is 18.1. The van der Waals surface area contributed by atoms with Gasteiger partial charge < -0.3 is 19.7 Å². The van der Waals surface area contributed by atoms with Gasteiger partial charge in [0, 0.05) is 18.3 Å². The highest BCUT2D eigenvalue weighted by Gasteiger charge is 2.40. The zero-order valence-electron chi connectivity index (χ0n) is 15.2. The first-order valence-corrected chi connectivity index (χ1v) is 9.41. The Kier molecular flexibility index (Phi) is 4.83. The first-order valence-electron chi connectivity index (χ1n) is 9.00. The number of aromatic carboxylic acids is 1. The fourth-order valence-electron chi connectivity index (χ4n) is 3.60. The summed E-state index contributed by atoms with van der Waals surface area (Å²) in [7, 11) is 0. The molecule has 0 bridgehead atoms. The Morgan fingerprint density at radius 3 is 2.71 bits per heavy atom. The monoisotopic (exact) mass is 393 g/mol. The molecule has 1 aliphatic rings. The zero-order chi connectivity index (χ0) is 19.7. The van der Waals surface area contributed by atoms with Crippen LogP contribution in [0.2, 0.25) is 0 Å². The van der Waals surface area contributed by atoms with Gasteiger partial charge in [-0.25, -0.2) is 4.79 Å². The molecule has 142 valence electrons. The predicted molar refractivity (Wildman–Crippen MR) is 109 cm³/mol. The van der Waals surface area contributed by atoms with Crippen LogP contribution >= 0.6 is 12.2 Å². The Labute approximate surface area is 167 Å². The van der Waals surface area contributed by atoms with Crippen LogP contribution in [0.4, 0.5) is 0 Å². The summed E-state index contributed by atoms with van der Waals surface area (Å²) in [5.41, 5.74) is 1.62. The van der Waals surface area contributed by atoms with Gasteiger partial charge >= 0.3 is 5.97 Å². The molecule has 4 rings (SSSR count). The molecule has 1 saturated heterocycles.